The number of hydrogen-bond donors (Lipinski definition) is 2. The van der Waals surface area contributed by atoms with Crippen LogP contribution < -0.4 is 11.3 Å². The number of aryl methyl sites for hydroxylation is 2. The normalized spacial score (nSPS) is 11.6. The molecule has 20 heavy (non-hydrogen) atoms. The molecule has 0 aliphatic carbocycles. The summed E-state index contributed by atoms with van der Waals surface area (Å²) in [6.45, 7) is 3.05. The summed E-state index contributed by atoms with van der Waals surface area (Å²) < 4.78 is 2.76. The lowest BCUT2D eigenvalue weighted by molar-refractivity contribution is 0.654. The Balaban J connectivity index is 2.47. The summed E-state index contributed by atoms with van der Waals surface area (Å²) in [5.74, 6) is 0. The Labute approximate surface area is 123 Å². The van der Waals surface area contributed by atoms with E-state index in [9.17, 15) is 4.79 Å². The lowest BCUT2D eigenvalue weighted by Crippen LogP contribution is -2.22. The van der Waals surface area contributed by atoms with Crippen LogP contribution in [-0.4, -0.2) is 21.3 Å². The molecule has 0 unspecified atom stereocenters. The molecule has 0 atom stereocenters. The van der Waals surface area contributed by atoms with Gasteiger partial charge in [-0.2, -0.15) is 5.10 Å². The second-order valence-corrected chi connectivity index (χ2v) is 5.75. The van der Waals surface area contributed by atoms with Crippen molar-refractivity contribution in [1.29, 1.82) is 0 Å². The number of halogens is 1. The van der Waals surface area contributed by atoms with Crippen molar-refractivity contribution in [2.24, 2.45) is 5.73 Å². The summed E-state index contributed by atoms with van der Waals surface area (Å²) in [6.07, 6.45) is 0.771. The highest BCUT2D eigenvalue weighted by molar-refractivity contribution is 9.10. The predicted molar refractivity (Wildman–Crippen MR) is 84.0 cm³/mol. The standard InChI is InChI=1S/C14H15BrN4O/c1-8-12-13(18-17-8)10-7-9(15)3-4-11(10)19(14(12)20)6-2-5-16/h3-4,7H,2,5-6,16H2,1H3,(H,17,18). The average Bonchev–Trinajstić information content (AvgIpc) is 2.82. The van der Waals surface area contributed by atoms with Gasteiger partial charge in [-0.15, -0.1) is 0 Å². The Morgan fingerprint density at radius 2 is 2.25 bits per heavy atom. The summed E-state index contributed by atoms with van der Waals surface area (Å²) >= 11 is 3.48. The van der Waals surface area contributed by atoms with Gasteiger partial charge in [0.1, 0.15) is 5.52 Å². The lowest BCUT2D eigenvalue weighted by Gasteiger charge is -2.11. The number of benzene rings is 1. The molecule has 0 radical (unpaired) electrons. The van der Waals surface area contributed by atoms with E-state index in [-0.39, 0.29) is 5.56 Å². The highest BCUT2D eigenvalue weighted by Crippen LogP contribution is 2.25. The van der Waals surface area contributed by atoms with Crippen LogP contribution in [0.5, 0.6) is 0 Å². The maximum absolute atomic E-state index is 12.7. The first-order valence-electron chi connectivity index (χ1n) is 6.50. The molecule has 0 aliphatic rings. The molecule has 0 bridgehead atoms. The topological polar surface area (TPSA) is 76.7 Å². The van der Waals surface area contributed by atoms with E-state index in [1.165, 1.54) is 0 Å². The molecule has 104 valence electrons. The van der Waals surface area contributed by atoms with Crippen LogP contribution in [0.25, 0.3) is 21.8 Å². The fourth-order valence-corrected chi connectivity index (χ4v) is 2.90. The van der Waals surface area contributed by atoms with Crippen LogP contribution in [0, 0.1) is 6.92 Å². The Morgan fingerprint density at radius 1 is 1.45 bits per heavy atom. The van der Waals surface area contributed by atoms with Gasteiger partial charge in [-0.1, -0.05) is 15.9 Å². The summed E-state index contributed by atoms with van der Waals surface area (Å²) in [6, 6.07) is 5.88. The highest BCUT2D eigenvalue weighted by atomic mass is 79.9. The van der Waals surface area contributed by atoms with E-state index in [4.69, 9.17) is 5.73 Å². The molecule has 1 aromatic carbocycles. The van der Waals surface area contributed by atoms with Crippen molar-refractivity contribution < 1.29 is 0 Å². The van der Waals surface area contributed by atoms with Crippen molar-refractivity contribution in [2.45, 2.75) is 19.9 Å². The number of nitrogens with two attached hydrogens (primary N) is 1. The van der Waals surface area contributed by atoms with Crippen LogP contribution in [0.3, 0.4) is 0 Å². The molecule has 6 heteroatoms. The van der Waals surface area contributed by atoms with Gasteiger partial charge in [-0.05, 0) is 38.1 Å². The molecule has 5 nitrogen and oxygen atoms in total. The molecule has 0 saturated heterocycles. The van der Waals surface area contributed by atoms with Gasteiger partial charge in [0.25, 0.3) is 5.56 Å². The maximum atomic E-state index is 12.7. The van der Waals surface area contributed by atoms with Gasteiger partial charge in [-0.25, -0.2) is 0 Å². The molecule has 3 N–H and O–H groups in total. The minimum atomic E-state index is -0.00507. The van der Waals surface area contributed by atoms with E-state index >= 15 is 0 Å². The number of aromatic nitrogens is 3. The SMILES string of the molecule is Cc1[nH]nc2c1c(=O)n(CCCN)c1ccc(Br)cc21. The number of aromatic amines is 1. The average molecular weight is 335 g/mol. The number of H-pyrrole nitrogens is 1. The Kier molecular flexibility index (Phi) is 3.35. The fraction of sp³-hybridized carbons (Fsp3) is 0.286. The first-order valence-corrected chi connectivity index (χ1v) is 7.29. The molecule has 0 saturated carbocycles. The highest BCUT2D eigenvalue weighted by Gasteiger charge is 2.15. The minimum Gasteiger partial charge on any atom is -0.330 e. The third-order valence-electron chi connectivity index (χ3n) is 3.50. The molecule has 0 aliphatic heterocycles. The summed E-state index contributed by atoms with van der Waals surface area (Å²) in [5.41, 5.74) is 7.99. The molecule has 0 spiro atoms. The van der Waals surface area contributed by atoms with Gasteiger partial charge in [0.15, 0.2) is 0 Å². The molecule has 2 aromatic heterocycles. The van der Waals surface area contributed by atoms with Gasteiger partial charge in [0.05, 0.1) is 10.9 Å². The summed E-state index contributed by atoms with van der Waals surface area (Å²) in [4.78, 5) is 12.7. The number of pyridine rings is 1. The van der Waals surface area contributed by atoms with Gasteiger partial charge in [0.2, 0.25) is 0 Å². The number of nitrogens with one attached hydrogen (secondary N) is 1. The van der Waals surface area contributed by atoms with Crippen molar-refractivity contribution in [1.82, 2.24) is 14.8 Å². The van der Waals surface area contributed by atoms with Crippen molar-refractivity contribution in [3.05, 3.63) is 38.7 Å². The zero-order valence-electron chi connectivity index (χ0n) is 11.1. The third-order valence-corrected chi connectivity index (χ3v) is 3.99. The number of fused-ring (bicyclic) bond motifs is 3. The zero-order chi connectivity index (χ0) is 14.3. The van der Waals surface area contributed by atoms with Crippen LogP contribution >= 0.6 is 15.9 Å². The quantitative estimate of drug-likeness (QED) is 0.771. The van der Waals surface area contributed by atoms with Gasteiger partial charge >= 0.3 is 0 Å². The van der Waals surface area contributed by atoms with E-state index in [1.807, 2.05) is 25.1 Å². The van der Waals surface area contributed by atoms with E-state index in [2.05, 4.69) is 26.1 Å². The van der Waals surface area contributed by atoms with Crippen molar-refractivity contribution >= 4 is 37.7 Å². The molecular weight excluding hydrogens is 320 g/mol. The largest absolute Gasteiger partial charge is 0.330 e. The smallest absolute Gasteiger partial charge is 0.262 e. The number of rotatable bonds is 3. The van der Waals surface area contributed by atoms with E-state index in [0.29, 0.717) is 18.5 Å². The van der Waals surface area contributed by atoms with Crippen LogP contribution in [0.4, 0.5) is 0 Å². The number of hydrogen-bond acceptors (Lipinski definition) is 3. The van der Waals surface area contributed by atoms with Crippen LogP contribution in [-0.2, 0) is 6.54 Å². The van der Waals surface area contributed by atoms with Crippen LogP contribution in [0.15, 0.2) is 27.5 Å². The number of nitrogens with zero attached hydrogens (tertiary/aromatic N) is 2. The fourth-order valence-electron chi connectivity index (χ4n) is 2.53. The molecule has 0 fully saturated rings. The minimum absolute atomic E-state index is 0.00507. The Morgan fingerprint density at radius 3 is 3.00 bits per heavy atom. The monoisotopic (exact) mass is 334 g/mol. The van der Waals surface area contributed by atoms with Gasteiger partial charge in [-0.3, -0.25) is 9.89 Å². The zero-order valence-corrected chi connectivity index (χ0v) is 12.7. The van der Waals surface area contributed by atoms with Crippen LogP contribution in [0.2, 0.25) is 0 Å². The van der Waals surface area contributed by atoms with Gasteiger partial charge in [0, 0.05) is 22.1 Å². The molecule has 0 amide bonds. The predicted octanol–water partition coefficient (Wildman–Crippen LogP) is 2.30. The lowest BCUT2D eigenvalue weighted by atomic mass is 10.1. The second kappa shape index (κ2) is 5.03. The third kappa shape index (κ3) is 1.96. The van der Waals surface area contributed by atoms with E-state index in [1.54, 1.807) is 4.57 Å². The first-order chi connectivity index (χ1) is 9.63. The van der Waals surface area contributed by atoms with Crippen molar-refractivity contribution in [3.63, 3.8) is 0 Å². The van der Waals surface area contributed by atoms with E-state index in [0.717, 1.165) is 33.0 Å². The van der Waals surface area contributed by atoms with Crippen LogP contribution in [0.1, 0.15) is 12.1 Å². The Hall–Kier alpha value is -1.66. The molecular formula is C14H15BrN4O. The van der Waals surface area contributed by atoms with Crippen molar-refractivity contribution in [3.8, 4) is 0 Å². The Bertz CT molecular complexity index is 850. The molecule has 2 heterocycles. The molecule has 3 aromatic rings. The summed E-state index contributed by atoms with van der Waals surface area (Å²) in [5, 5.41) is 8.82. The maximum Gasteiger partial charge on any atom is 0.262 e. The van der Waals surface area contributed by atoms with Gasteiger partial charge < -0.3 is 10.3 Å². The summed E-state index contributed by atoms with van der Waals surface area (Å²) in [7, 11) is 0. The second-order valence-electron chi connectivity index (χ2n) is 4.83. The van der Waals surface area contributed by atoms with Crippen molar-refractivity contribution in [2.75, 3.05) is 6.54 Å². The first kappa shape index (κ1) is 13.3. The molecule has 3 rings (SSSR count). The van der Waals surface area contributed by atoms with E-state index < -0.39 is 0 Å².